The van der Waals surface area contributed by atoms with Crippen LogP contribution in [-0.4, -0.2) is 12.5 Å². The Morgan fingerprint density at radius 3 is 2.74 bits per heavy atom. The Labute approximate surface area is 116 Å². The van der Waals surface area contributed by atoms with Crippen LogP contribution in [0.15, 0.2) is 42.5 Å². The van der Waals surface area contributed by atoms with Crippen molar-refractivity contribution in [3.05, 3.63) is 58.6 Å². The summed E-state index contributed by atoms with van der Waals surface area (Å²) in [6, 6.07) is 13.0. The first-order valence-electron chi connectivity index (χ1n) is 6.11. The lowest BCUT2D eigenvalue weighted by atomic mass is 9.98. The van der Waals surface area contributed by atoms with E-state index in [1.807, 2.05) is 30.3 Å². The Morgan fingerprint density at radius 1 is 1.16 bits per heavy atom. The molecule has 1 aliphatic rings. The summed E-state index contributed by atoms with van der Waals surface area (Å²) in [5.74, 6) is 0.0172. The minimum absolute atomic E-state index is 0.0172. The van der Waals surface area contributed by atoms with Crippen molar-refractivity contribution in [2.75, 3.05) is 17.2 Å². The number of anilines is 2. The summed E-state index contributed by atoms with van der Waals surface area (Å²) in [6.07, 6.45) is 0.852. The largest absolute Gasteiger partial charge is 0.397 e. The predicted octanol–water partition coefficient (Wildman–Crippen LogP) is 3.13. The number of benzene rings is 2. The number of nitrogens with two attached hydrogens (primary N) is 1. The maximum atomic E-state index is 12.5. The van der Waals surface area contributed by atoms with Crippen LogP contribution in [0, 0.1) is 0 Å². The van der Waals surface area contributed by atoms with Crippen LogP contribution in [0.2, 0.25) is 5.02 Å². The summed E-state index contributed by atoms with van der Waals surface area (Å²) in [5, 5.41) is 0.508. The van der Waals surface area contributed by atoms with E-state index in [-0.39, 0.29) is 5.91 Å². The van der Waals surface area contributed by atoms with E-state index in [4.69, 9.17) is 17.3 Å². The maximum absolute atomic E-state index is 12.5. The summed E-state index contributed by atoms with van der Waals surface area (Å²) in [7, 11) is 0. The van der Waals surface area contributed by atoms with Crippen LogP contribution in [0.1, 0.15) is 15.9 Å². The van der Waals surface area contributed by atoms with Crippen LogP contribution in [0.25, 0.3) is 0 Å². The van der Waals surface area contributed by atoms with Gasteiger partial charge in [-0.2, -0.15) is 0 Å². The fraction of sp³-hybridized carbons (Fsp3) is 0.133. The van der Waals surface area contributed by atoms with E-state index >= 15 is 0 Å². The third-order valence-electron chi connectivity index (χ3n) is 3.39. The molecule has 1 amide bonds. The van der Waals surface area contributed by atoms with Crippen LogP contribution < -0.4 is 10.6 Å². The second kappa shape index (κ2) is 4.59. The molecule has 0 fully saturated rings. The van der Waals surface area contributed by atoms with Gasteiger partial charge in [-0.1, -0.05) is 29.8 Å². The van der Waals surface area contributed by atoms with E-state index in [2.05, 4.69) is 0 Å². The summed E-state index contributed by atoms with van der Waals surface area (Å²) in [6.45, 7) is 0.664. The summed E-state index contributed by atoms with van der Waals surface area (Å²) < 4.78 is 0. The van der Waals surface area contributed by atoms with Crippen LogP contribution in [0.5, 0.6) is 0 Å². The van der Waals surface area contributed by atoms with E-state index in [0.717, 1.165) is 23.2 Å². The highest BCUT2D eigenvalue weighted by Gasteiger charge is 2.25. The molecule has 0 bridgehead atoms. The number of rotatable bonds is 1. The van der Waals surface area contributed by atoms with Gasteiger partial charge in [0.2, 0.25) is 0 Å². The van der Waals surface area contributed by atoms with E-state index < -0.39 is 0 Å². The van der Waals surface area contributed by atoms with Crippen molar-refractivity contribution in [3.8, 4) is 0 Å². The molecule has 0 spiro atoms. The molecule has 0 aromatic heterocycles. The molecule has 1 heterocycles. The molecule has 2 N–H and O–H groups in total. The Bertz CT molecular complexity index is 654. The third-order valence-corrected chi connectivity index (χ3v) is 3.73. The third kappa shape index (κ3) is 2.06. The van der Waals surface area contributed by atoms with Gasteiger partial charge < -0.3 is 10.6 Å². The number of fused-ring (bicyclic) bond motifs is 1. The lowest BCUT2D eigenvalue weighted by Crippen LogP contribution is -2.37. The van der Waals surface area contributed by atoms with Crippen molar-refractivity contribution in [1.29, 1.82) is 0 Å². The minimum Gasteiger partial charge on any atom is -0.397 e. The lowest BCUT2D eigenvalue weighted by molar-refractivity contribution is 0.0980. The Morgan fingerprint density at radius 2 is 1.95 bits per heavy atom. The zero-order valence-corrected chi connectivity index (χ0v) is 11.0. The van der Waals surface area contributed by atoms with E-state index in [9.17, 15) is 4.79 Å². The molecule has 3 nitrogen and oxygen atoms in total. The second-order valence-corrected chi connectivity index (χ2v) is 4.98. The average Bonchev–Trinajstić information content (AvgIpc) is 2.43. The van der Waals surface area contributed by atoms with Crippen LogP contribution in [0.3, 0.4) is 0 Å². The van der Waals surface area contributed by atoms with Gasteiger partial charge in [0.25, 0.3) is 5.91 Å². The topological polar surface area (TPSA) is 46.3 Å². The van der Waals surface area contributed by atoms with Crippen LogP contribution in [-0.2, 0) is 6.42 Å². The monoisotopic (exact) mass is 272 g/mol. The SMILES string of the molecule is Nc1cc(N2CCc3ccccc3C2=O)ccc1Cl. The van der Waals surface area contributed by atoms with Gasteiger partial charge in [-0.15, -0.1) is 0 Å². The molecule has 2 aromatic rings. The molecule has 0 saturated carbocycles. The number of hydrogen-bond donors (Lipinski definition) is 1. The maximum Gasteiger partial charge on any atom is 0.258 e. The molecule has 0 aliphatic carbocycles. The number of carbonyl (C=O) groups is 1. The predicted molar refractivity (Wildman–Crippen MR) is 77.7 cm³/mol. The first-order chi connectivity index (χ1) is 9.16. The highest BCUT2D eigenvalue weighted by molar-refractivity contribution is 6.33. The molecular weight excluding hydrogens is 260 g/mol. The van der Waals surface area contributed by atoms with Gasteiger partial charge in [0.1, 0.15) is 0 Å². The summed E-state index contributed by atoms with van der Waals surface area (Å²) >= 11 is 5.91. The first kappa shape index (κ1) is 12.1. The summed E-state index contributed by atoms with van der Waals surface area (Å²) in [5.41, 5.74) is 8.95. The van der Waals surface area contributed by atoms with Crippen molar-refractivity contribution in [1.82, 2.24) is 0 Å². The number of carbonyl (C=O) groups excluding carboxylic acids is 1. The Kier molecular flexibility index (Phi) is 2.91. The standard InChI is InChI=1S/C15H13ClN2O/c16-13-6-5-11(9-14(13)17)18-8-7-10-3-1-2-4-12(10)15(18)19/h1-6,9H,7-8,17H2. The zero-order chi connectivity index (χ0) is 13.4. The van der Waals surface area contributed by atoms with Crippen LogP contribution >= 0.6 is 11.6 Å². The summed E-state index contributed by atoms with van der Waals surface area (Å²) in [4.78, 5) is 14.2. The lowest BCUT2D eigenvalue weighted by Gasteiger charge is -2.28. The Hall–Kier alpha value is -2.00. The quantitative estimate of drug-likeness (QED) is 0.811. The van der Waals surface area contributed by atoms with Gasteiger partial charge in [-0.05, 0) is 36.2 Å². The van der Waals surface area contributed by atoms with Crippen molar-refractivity contribution in [2.24, 2.45) is 0 Å². The van der Waals surface area contributed by atoms with E-state index in [0.29, 0.717) is 17.3 Å². The molecule has 0 saturated heterocycles. The van der Waals surface area contributed by atoms with E-state index in [1.54, 1.807) is 17.0 Å². The van der Waals surface area contributed by atoms with Gasteiger partial charge in [0.15, 0.2) is 0 Å². The van der Waals surface area contributed by atoms with Crippen LogP contribution in [0.4, 0.5) is 11.4 Å². The average molecular weight is 273 g/mol. The van der Waals surface area contributed by atoms with Gasteiger partial charge >= 0.3 is 0 Å². The molecule has 19 heavy (non-hydrogen) atoms. The highest BCUT2D eigenvalue weighted by atomic mass is 35.5. The molecule has 0 radical (unpaired) electrons. The van der Waals surface area contributed by atoms with Gasteiger partial charge in [0.05, 0.1) is 10.7 Å². The molecule has 96 valence electrons. The van der Waals surface area contributed by atoms with E-state index in [1.165, 1.54) is 0 Å². The fourth-order valence-corrected chi connectivity index (χ4v) is 2.49. The van der Waals surface area contributed by atoms with Gasteiger partial charge in [-0.3, -0.25) is 4.79 Å². The van der Waals surface area contributed by atoms with Gasteiger partial charge in [-0.25, -0.2) is 0 Å². The molecule has 4 heteroatoms. The number of hydrogen-bond acceptors (Lipinski definition) is 2. The van der Waals surface area contributed by atoms with Crippen molar-refractivity contribution in [3.63, 3.8) is 0 Å². The fourth-order valence-electron chi connectivity index (χ4n) is 2.37. The first-order valence-corrected chi connectivity index (χ1v) is 6.49. The molecular formula is C15H13ClN2O. The number of nitrogen functional groups attached to an aromatic ring is 1. The Balaban J connectivity index is 2.00. The minimum atomic E-state index is 0.0172. The number of nitrogens with zero attached hydrogens (tertiary/aromatic N) is 1. The zero-order valence-electron chi connectivity index (χ0n) is 10.3. The molecule has 1 aliphatic heterocycles. The number of halogens is 1. The van der Waals surface area contributed by atoms with Crippen molar-refractivity contribution in [2.45, 2.75) is 6.42 Å². The highest BCUT2D eigenvalue weighted by Crippen LogP contribution is 2.28. The smallest absolute Gasteiger partial charge is 0.258 e. The number of amides is 1. The normalized spacial score (nSPS) is 14.4. The molecule has 2 aromatic carbocycles. The second-order valence-electron chi connectivity index (χ2n) is 4.57. The van der Waals surface area contributed by atoms with Crippen molar-refractivity contribution >= 4 is 28.9 Å². The molecule has 3 rings (SSSR count). The van der Waals surface area contributed by atoms with Crippen molar-refractivity contribution < 1.29 is 4.79 Å². The van der Waals surface area contributed by atoms with Gasteiger partial charge in [0, 0.05) is 17.8 Å². The molecule has 0 atom stereocenters. The molecule has 0 unspecified atom stereocenters.